The van der Waals surface area contributed by atoms with Crippen molar-refractivity contribution < 1.29 is 14.6 Å². The molecule has 0 amide bonds. The summed E-state index contributed by atoms with van der Waals surface area (Å²) in [5.41, 5.74) is 4.99. The third-order valence-electron chi connectivity index (χ3n) is 5.79. The fourth-order valence-corrected chi connectivity index (χ4v) is 4.45. The summed E-state index contributed by atoms with van der Waals surface area (Å²) in [6.07, 6.45) is 3.93. The first-order chi connectivity index (χ1) is 17.1. The molecule has 0 saturated heterocycles. The van der Waals surface area contributed by atoms with Gasteiger partial charge in [-0.25, -0.2) is 9.48 Å². The fourth-order valence-electron chi connectivity index (χ4n) is 3.89. The molecule has 1 N–H and O–H groups in total. The van der Waals surface area contributed by atoms with Crippen LogP contribution in [0.5, 0.6) is 0 Å². The van der Waals surface area contributed by atoms with Crippen LogP contribution in [0.25, 0.3) is 29.1 Å². The van der Waals surface area contributed by atoms with E-state index in [9.17, 15) is 9.90 Å². The topological polar surface area (TPSA) is 64.3 Å². The Hall–Kier alpha value is -3.38. The van der Waals surface area contributed by atoms with E-state index in [1.54, 1.807) is 48.9 Å². The molecule has 4 aromatic rings. The number of ether oxygens (including phenoxy) is 1. The molecule has 0 unspecified atom stereocenters. The first-order valence-corrected chi connectivity index (χ1v) is 12.1. The van der Waals surface area contributed by atoms with E-state index >= 15 is 0 Å². The zero-order valence-electron chi connectivity index (χ0n) is 20.4. The second kappa shape index (κ2) is 10.3. The molecule has 7 heteroatoms. The predicted octanol–water partition coefficient (Wildman–Crippen LogP) is 7.34. The van der Waals surface area contributed by atoms with Crippen LogP contribution in [0, 0.1) is 6.92 Å². The lowest BCUT2D eigenvalue weighted by molar-refractivity contribution is 0.0600. The number of aliphatic hydroxyl groups is 1. The third kappa shape index (κ3) is 5.39. The van der Waals surface area contributed by atoms with Gasteiger partial charge in [-0.15, -0.1) is 0 Å². The van der Waals surface area contributed by atoms with E-state index in [0.717, 1.165) is 27.9 Å². The Morgan fingerprint density at radius 3 is 2.22 bits per heavy atom. The number of para-hydroxylation sites is 1. The molecule has 184 valence electrons. The van der Waals surface area contributed by atoms with E-state index in [4.69, 9.17) is 27.9 Å². The number of carbonyl (C=O) groups is 1. The molecule has 0 aliphatic carbocycles. The molecule has 4 rings (SSSR count). The van der Waals surface area contributed by atoms with Gasteiger partial charge in [0.25, 0.3) is 0 Å². The number of aromatic nitrogens is 2. The van der Waals surface area contributed by atoms with Gasteiger partial charge in [0.2, 0.25) is 0 Å². The summed E-state index contributed by atoms with van der Waals surface area (Å²) in [5, 5.41) is 16.2. The highest BCUT2D eigenvalue weighted by atomic mass is 35.5. The minimum Gasteiger partial charge on any atom is -0.465 e. The number of benzene rings is 3. The quantitative estimate of drug-likeness (QED) is 0.213. The van der Waals surface area contributed by atoms with Crippen molar-refractivity contribution in [2.24, 2.45) is 0 Å². The summed E-state index contributed by atoms with van der Waals surface area (Å²) in [4.78, 5) is 11.8. The molecule has 0 spiro atoms. The number of hydrogen-bond acceptors (Lipinski definition) is 4. The molecule has 5 nitrogen and oxygen atoms in total. The number of rotatable bonds is 6. The van der Waals surface area contributed by atoms with Crippen LogP contribution in [0.1, 0.15) is 46.6 Å². The van der Waals surface area contributed by atoms with Crippen LogP contribution in [-0.4, -0.2) is 28.0 Å². The van der Waals surface area contributed by atoms with Gasteiger partial charge >= 0.3 is 5.97 Å². The second-order valence-corrected chi connectivity index (χ2v) is 9.80. The van der Waals surface area contributed by atoms with Crippen LogP contribution in [0.3, 0.4) is 0 Å². The van der Waals surface area contributed by atoms with Crippen molar-refractivity contribution in [2.45, 2.75) is 26.4 Å². The largest absolute Gasteiger partial charge is 0.465 e. The number of aryl methyl sites for hydroxylation is 1. The molecule has 0 radical (unpaired) electrons. The van der Waals surface area contributed by atoms with Gasteiger partial charge in [0.05, 0.1) is 34.1 Å². The first-order valence-electron chi connectivity index (χ1n) is 11.3. The average molecular weight is 521 g/mol. The van der Waals surface area contributed by atoms with Crippen molar-refractivity contribution in [1.82, 2.24) is 9.78 Å². The summed E-state index contributed by atoms with van der Waals surface area (Å²) in [6, 6.07) is 20.5. The summed E-state index contributed by atoms with van der Waals surface area (Å²) in [5.74, 6) is -0.369. The van der Waals surface area contributed by atoms with Gasteiger partial charge in [-0.2, -0.15) is 5.10 Å². The maximum atomic E-state index is 11.8. The lowest BCUT2D eigenvalue weighted by atomic mass is 9.99. The molecule has 1 heterocycles. The summed E-state index contributed by atoms with van der Waals surface area (Å²) >= 11 is 13.0. The maximum Gasteiger partial charge on any atom is 0.337 e. The average Bonchev–Trinajstić information content (AvgIpc) is 3.27. The summed E-state index contributed by atoms with van der Waals surface area (Å²) < 4.78 is 6.49. The molecule has 0 bridgehead atoms. The number of esters is 1. The Labute approximate surface area is 220 Å². The Morgan fingerprint density at radius 1 is 0.972 bits per heavy atom. The van der Waals surface area contributed by atoms with Crippen LogP contribution >= 0.6 is 23.2 Å². The van der Waals surface area contributed by atoms with E-state index in [1.165, 1.54) is 7.11 Å². The lowest BCUT2D eigenvalue weighted by Crippen LogP contribution is -2.16. The minimum absolute atomic E-state index is 0.369. The van der Waals surface area contributed by atoms with Crippen LogP contribution in [-0.2, 0) is 10.3 Å². The van der Waals surface area contributed by atoms with Gasteiger partial charge in [0.1, 0.15) is 11.3 Å². The monoisotopic (exact) mass is 520 g/mol. The molecule has 0 atom stereocenters. The van der Waals surface area contributed by atoms with E-state index in [1.807, 2.05) is 49.4 Å². The van der Waals surface area contributed by atoms with Gasteiger partial charge in [-0.3, -0.25) is 0 Å². The molecule has 0 aliphatic rings. The molecular formula is C29H26Cl2N2O3. The highest BCUT2D eigenvalue weighted by molar-refractivity contribution is 6.37. The Kier molecular flexibility index (Phi) is 7.36. The number of carbonyl (C=O) groups excluding carboxylic acids is 1. The summed E-state index contributed by atoms with van der Waals surface area (Å²) in [6.45, 7) is 5.39. The Bertz CT molecular complexity index is 1450. The molecule has 36 heavy (non-hydrogen) atoms. The van der Waals surface area contributed by atoms with E-state index < -0.39 is 5.60 Å². The van der Waals surface area contributed by atoms with Gasteiger partial charge in [-0.05, 0) is 67.8 Å². The van der Waals surface area contributed by atoms with Gasteiger partial charge < -0.3 is 9.84 Å². The van der Waals surface area contributed by atoms with Crippen molar-refractivity contribution >= 4 is 41.3 Å². The van der Waals surface area contributed by atoms with E-state index in [-0.39, 0.29) is 5.97 Å². The van der Waals surface area contributed by atoms with Gasteiger partial charge in [0.15, 0.2) is 0 Å². The van der Waals surface area contributed by atoms with Crippen molar-refractivity contribution in [3.63, 3.8) is 0 Å². The highest BCUT2D eigenvalue weighted by Crippen LogP contribution is 2.36. The molecular weight excluding hydrogens is 495 g/mol. The van der Waals surface area contributed by atoms with Crippen molar-refractivity contribution in [3.05, 3.63) is 105 Å². The molecule has 3 aromatic carbocycles. The second-order valence-electron chi connectivity index (χ2n) is 8.98. The molecule has 0 aliphatic heterocycles. The SMILES string of the molecule is COC(=O)c1cccc(C=Cc2ccc(-c3cc(C(C)(C)O)nn3-c3c(Cl)cccc3Cl)c(C)c2)c1. The van der Waals surface area contributed by atoms with E-state index in [0.29, 0.717) is 27.0 Å². The van der Waals surface area contributed by atoms with E-state index in [2.05, 4.69) is 11.2 Å². The molecule has 0 saturated carbocycles. The number of nitrogens with zero attached hydrogens (tertiary/aromatic N) is 2. The normalized spacial score (nSPS) is 11.8. The minimum atomic E-state index is -1.15. The van der Waals surface area contributed by atoms with Crippen molar-refractivity contribution in [2.75, 3.05) is 7.11 Å². The zero-order chi connectivity index (χ0) is 26.0. The Morgan fingerprint density at radius 2 is 1.61 bits per heavy atom. The number of methoxy groups -OCH3 is 1. The van der Waals surface area contributed by atoms with Gasteiger partial charge in [-0.1, -0.05) is 71.8 Å². The highest BCUT2D eigenvalue weighted by Gasteiger charge is 2.25. The van der Waals surface area contributed by atoms with Crippen molar-refractivity contribution in [3.8, 4) is 16.9 Å². The van der Waals surface area contributed by atoms with Crippen LogP contribution in [0.4, 0.5) is 0 Å². The zero-order valence-corrected chi connectivity index (χ0v) is 21.9. The predicted molar refractivity (Wildman–Crippen MR) is 146 cm³/mol. The summed E-state index contributed by atoms with van der Waals surface area (Å²) in [7, 11) is 1.37. The van der Waals surface area contributed by atoms with Crippen LogP contribution in [0.2, 0.25) is 10.0 Å². The fraction of sp³-hybridized carbons (Fsp3) is 0.172. The lowest BCUT2D eigenvalue weighted by Gasteiger charge is -2.14. The third-order valence-corrected chi connectivity index (χ3v) is 6.40. The van der Waals surface area contributed by atoms with Crippen molar-refractivity contribution in [1.29, 1.82) is 0 Å². The smallest absolute Gasteiger partial charge is 0.337 e. The van der Waals surface area contributed by atoms with Crippen LogP contribution in [0.15, 0.2) is 66.7 Å². The Balaban J connectivity index is 1.74. The number of halogens is 2. The standard InChI is InChI=1S/C29H26Cl2N2O3/c1-18-15-20(12-11-19-7-5-8-21(16-19)28(34)36-4)13-14-22(18)25-17-26(29(2,3)35)32-33(25)27-23(30)9-6-10-24(27)31/h5-17,35H,1-4H3. The van der Waals surface area contributed by atoms with Gasteiger partial charge in [0, 0.05) is 5.56 Å². The number of hydrogen-bond donors (Lipinski definition) is 1. The maximum absolute atomic E-state index is 11.8. The molecule has 0 fully saturated rings. The molecule has 1 aromatic heterocycles. The van der Waals surface area contributed by atoms with Crippen LogP contribution < -0.4 is 0 Å². The first kappa shape index (κ1) is 25.7.